The van der Waals surface area contributed by atoms with Crippen LogP contribution in [-0.2, 0) is 16.1 Å². The van der Waals surface area contributed by atoms with Gasteiger partial charge >= 0.3 is 0 Å². The third-order valence-electron chi connectivity index (χ3n) is 2.94. The van der Waals surface area contributed by atoms with Crippen LogP contribution in [0, 0.1) is 0 Å². The number of allylic oxidation sites excluding steroid dienone is 5. The van der Waals surface area contributed by atoms with Crippen LogP contribution in [0.5, 0.6) is 0 Å². The molecule has 136 valence electrons. The third kappa shape index (κ3) is 9.72. The molecule has 0 saturated heterocycles. The zero-order chi connectivity index (χ0) is 19.1. The first-order chi connectivity index (χ1) is 12.1. The van der Waals surface area contributed by atoms with Gasteiger partial charge in [-0.1, -0.05) is 79.3 Å². The van der Waals surface area contributed by atoms with Crippen LogP contribution >= 0.6 is 11.8 Å². The summed E-state index contributed by atoms with van der Waals surface area (Å²) in [4.78, 5) is 19.0. The Morgan fingerprint density at radius 3 is 2.36 bits per heavy atom. The molecule has 0 heterocycles. The minimum Gasteiger partial charge on any atom is -0.399 e. The van der Waals surface area contributed by atoms with Crippen LogP contribution in [0.2, 0.25) is 0 Å². The molecule has 0 N–H and O–H groups in total. The van der Waals surface area contributed by atoms with Gasteiger partial charge in [0.15, 0.2) is 5.78 Å². The Labute approximate surface area is 156 Å². The van der Waals surface area contributed by atoms with E-state index >= 15 is 0 Å². The number of carbonyl (C=O) groups is 1. The van der Waals surface area contributed by atoms with Gasteiger partial charge in [0.05, 0.1) is 5.71 Å². The summed E-state index contributed by atoms with van der Waals surface area (Å²) in [6.45, 7) is 9.76. The molecule has 1 rings (SSSR count). The summed E-state index contributed by atoms with van der Waals surface area (Å²) in [5, 5.41) is 3.96. The summed E-state index contributed by atoms with van der Waals surface area (Å²) in [5.74, 6) is 0.0419. The highest BCUT2D eigenvalue weighted by Gasteiger charge is 2.09. The zero-order valence-corrected chi connectivity index (χ0v) is 16.9. The van der Waals surface area contributed by atoms with Crippen molar-refractivity contribution < 1.29 is 9.63 Å². The van der Waals surface area contributed by atoms with Crippen LogP contribution in [0.3, 0.4) is 0 Å². The predicted octanol–water partition coefficient (Wildman–Crippen LogP) is 5.94. The van der Waals surface area contributed by atoms with Gasteiger partial charge in [-0.3, -0.25) is 4.79 Å². The van der Waals surface area contributed by atoms with E-state index in [9.17, 15) is 4.79 Å². The Morgan fingerprint density at radius 1 is 1.20 bits per heavy atom. The van der Waals surface area contributed by atoms with Crippen LogP contribution in [0.1, 0.15) is 40.2 Å². The lowest BCUT2D eigenvalue weighted by molar-refractivity contribution is -0.114. The Morgan fingerprint density at radius 2 is 1.84 bits per heavy atom. The fraction of sp³-hybridized carbons (Fsp3) is 0.333. The second-order valence-electron chi connectivity index (χ2n) is 4.79. The summed E-state index contributed by atoms with van der Waals surface area (Å²) in [7, 11) is 1.50. The third-order valence-corrected chi connectivity index (χ3v) is 4.18. The van der Waals surface area contributed by atoms with Crippen molar-refractivity contribution in [2.75, 3.05) is 7.11 Å². The van der Waals surface area contributed by atoms with Gasteiger partial charge in [-0.25, -0.2) is 0 Å². The van der Waals surface area contributed by atoms with Crippen molar-refractivity contribution in [2.24, 2.45) is 5.16 Å². The lowest BCUT2D eigenvalue weighted by Crippen LogP contribution is -2.03. The van der Waals surface area contributed by atoms with E-state index in [4.69, 9.17) is 4.84 Å². The molecule has 1 aromatic carbocycles. The summed E-state index contributed by atoms with van der Waals surface area (Å²) in [6, 6.07) is 9.71. The van der Waals surface area contributed by atoms with Crippen LogP contribution in [0.4, 0.5) is 0 Å². The average molecular weight is 360 g/mol. The Balaban J connectivity index is 0.00000277. The number of hydrogen-bond donors (Lipinski definition) is 0. The van der Waals surface area contributed by atoms with Crippen LogP contribution < -0.4 is 0 Å². The number of oxime groups is 1. The van der Waals surface area contributed by atoms with Crippen LogP contribution in [-0.4, -0.2) is 18.6 Å². The molecule has 0 aliphatic carbocycles. The second-order valence-corrected chi connectivity index (χ2v) is 5.91. The molecule has 1 aromatic rings. The van der Waals surface area contributed by atoms with Crippen LogP contribution in [0.25, 0.3) is 0 Å². The van der Waals surface area contributed by atoms with E-state index in [1.807, 2.05) is 83.2 Å². The molecule has 25 heavy (non-hydrogen) atoms. The van der Waals surface area contributed by atoms with Gasteiger partial charge < -0.3 is 4.84 Å². The van der Waals surface area contributed by atoms with E-state index in [0.717, 1.165) is 15.4 Å². The van der Waals surface area contributed by atoms with E-state index in [2.05, 4.69) is 5.16 Å². The van der Waals surface area contributed by atoms with Gasteiger partial charge in [0, 0.05) is 16.2 Å². The van der Waals surface area contributed by atoms with E-state index in [0.29, 0.717) is 12.1 Å². The molecule has 0 fully saturated rings. The van der Waals surface area contributed by atoms with E-state index in [1.54, 1.807) is 6.08 Å². The first kappa shape index (κ1) is 22.9. The molecule has 0 radical (unpaired) electrons. The number of carbonyl (C=O) groups excluding carboxylic acids is 1. The number of rotatable bonds is 8. The predicted molar refractivity (Wildman–Crippen MR) is 111 cm³/mol. The van der Waals surface area contributed by atoms with Crippen molar-refractivity contribution in [3.8, 4) is 0 Å². The van der Waals surface area contributed by atoms with Gasteiger partial charge in [-0.2, -0.15) is 0 Å². The Hall–Kier alpha value is -2.07. The lowest BCUT2D eigenvalue weighted by atomic mass is 10.1. The quantitative estimate of drug-likeness (QED) is 0.249. The van der Waals surface area contributed by atoms with Crippen molar-refractivity contribution in [1.29, 1.82) is 0 Å². The molecule has 0 aliphatic heterocycles. The monoisotopic (exact) mass is 359 g/mol. The van der Waals surface area contributed by atoms with Gasteiger partial charge in [-0.05, 0) is 32.4 Å². The first-order valence-electron chi connectivity index (χ1n) is 8.44. The molecule has 0 bridgehead atoms. The molecule has 0 aromatic heterocycles. The highest BCUT2D eigenvalue weighted by Crippen LogP contribution is 2.28. The summed E-state index contributed by atoms with van der Waals surface area (Å²) in [5.41, 5.74) is 1.68. The number of benzene rings is 1. The molecule has 0 amide bonds. The van der Waals surface area contributed by atoms with Crippen molar-refractivity contribution in [1.82, 2.24) is 0 Å². The summed E-state index contributed by atoms with van der Waals surface area (Å²) >= 11 is 1.51. The summed E-state index contributed by atoms with van der Waals surface area (Å²) < 4.78 is 0. The maximum Gasteiger partial charge on any atom is 0.161 e. The summed E-state index contributed by atoms with van der Waals surface area (Å²) in [6.07, 6.45) is 7.98. The van der Waals surface area contributed by atoms with E-state index in [1.165, 1.54) is 18.9 Å². The Kier molecular flexibility index (Phi) is 13.1. The number of ketones is 1. The first-order valence-corrected chi connectivity index (χ1v) is 9.25. The largest absolute Gasteiger partial charge is 0.399 e. The number of thioether (sulfide) groups is 1. The minimum absolute atomic E-state index is 0.0419. The van der Waals surface area contributed by atoms with Crippen molar-refractivity contribution in [2.45, 2.75) is 41.0 Å². The standard InChI is InChI=1S/C19H23NO2S.C2H6/c1-5-10-18(6-2)23-19(15(3)20-22-4)14-17(21)13-16-11-8-7-9-12-16;1-2/h5-12,14H,13H2,1-4H3;1-2H3/b10-5-,18-6+,19-14-,20-15-;. The van der Waals surface area contributed by atoms with Crippen molar-refractivity contribution in [3.05, 3.63) is 70.0 Å². The topological polar surface area (TPSA) is 38.7 Å². The van der Waals surface area contributed by atoms with Gasteiger partial charge in [-0.15, -0.1) is 0 Å². The smallest absolute Gasteiger partial charge is 0.161 e. The van der Waals surface area contributed by atoms with Crippen LogP contribution in [0.15, 0.2) is 69.6 Å². The molecular weight excluding hydrogens is 330 g/mol. The number of nitrogens with zero attached hydrogens (tertiary/aromatic N) is 1. The molecule has 0 spiro atoms. The van der Waals surface area contributed by atoms with Crippen molar-refractivity contribution in [3.63, 3.8) is 0 Å². The maximum atomic E-state index is 12.3. The minimum atomic E-state index is 0.0419. The van der Waals surface area contributed by atoms with E-state index in [-0.39, 0.29) is 5.78 Å². The Bertz CT molecular complexity index is 629. The molecule has 0 saturated carbocycles. The van der Waals surface area contributed by atoms with Gasteiger partial charge in [0.2, 0.25) is 0 Å². The maximum absolute atomic E-state index is 12.3. The fourth-order valence-corrected chi connectivity index (χ4v) is 2.82. The van der Waals surface area contributed by atoms with E-state index < -0.39 is 0 Å². The van der Waals surface area contributed by atoms with Crippen molar-refractivity contribution >= 4 is 23.3 Å². The molecule has 0 unspecified atom stereocenters. The average Bonchev–Trinajstić information content (AvgIpc) is 2.63. The molecule has 3 nitrogen and oxygen atoms in total. The number of hydrogen-bond acceptors (Lipinski definition) is 4. The highest BCUT2D eigenvalue weighted by molar-refractivity contribution is 8.07. The fourth-order valence-electron chi connectivity index (χ4n) is 1.86. The highest BCUT2D eigenvalue weighted by atomic mass is 32.2. The molecular formula is C21H29NO2S. The normalized spacial score (nSPS) is 12.6. The molecule has 4 heteroatoms. The molecule has 0 aliphatic rings. The zero-order valence-electron chi connectivity index (χ0n) is 16.1. The lowest BCUT2D eigenvalue weighted by Gasteiger charge is -2.07. The molecule has 0 atom stereocenters. The van der Waals surface area contributed by atoms with Gasteiger partial charge in [0.1, 0.15) is 7.11 Å². The second kappa shape index (κ2) is 14.3. The van der Waals surface area contributed by atoms with Gasteiger partial charge in [0.25, 0.3) is 0 Å². The SMILES string of the molecule is C/C=C\C(=C/C)SC(=C\C(=O)Cc1ccccc1)/C(C)=N\OC.CC.